The Balaban J connectivity index is 1.25. The third kappa shape index (κ3) is 3.67. The zero-order valence-electron chi connectivity index (χ0n) is 16.2. The summed E-state index contributed by atoms with van der Waals surface area (Å²) >= 11 is 0. The van der Waals surface area contributed by atoms with E-state index in [2.05, 4.69) is 42.4 Å². The zero-order valence-corrected chi connectivity index (χ0v) is 16.2. The third-order valence-corrected chi connectivity index (χ3v) is 5.77. The number of H-pyrrole nitrogens is 1. The number of hydrogen-bond acceptors (Lipinski definition) is 5. The van der Waals surface area contributed by atoms with E-state index < -0.39 is 0 Å². The van der Waals surface area contributed by atoms with Crippen LogP contribution in [0.15, 0.2) is 30.3 Å². The molecule has 8 nitrogen and oxygen atoms in total. The van der Waals surface area contributed by atoms with E-state index in [1.807, 2.05) is 18.2 Å². The molecule has 1 amide bonds. The van der Waals surface area contributed by atoms with E-state index in [0.29, 0.717) is 18.9 Å². The standard InChI is InChI=1S/C21H24N6O2/c28-21(20-16-13-29-11-9-17(16)23-26-20)22-15-6-7-18-24-25-19(27(18)10-8-15)12-14-4-2-1-3-5-14/h1-5,15H,6-13H2,(H,22,28)(H,23,26). The lowest BCUT2D eigenvalue weighted by Crippen LogP contribution is -2.36. The number of fused-ring (bicyclic) bond motifs is 2. The molecule has 2 N–H and O–H groups in total. The first-order chi connectivity index (χ1) is 14.3. The first-order valence-electron chi connectivity index (χ1n) is 10.2. The first kappa shape index (κ1) is 18.1. The second kappa shape index (κ2) is 7.79. The number of carbonyl (C=O) groups is 1. The molecule has 3 aromatic rings. The summed E-state index contributed by atoms with van der Waals surface area (Å²) in [6.45, 7) is 1.92. The molecule has 1 atom stereocenters. The first-order valence-corrected chi connectivity index (χ1v) is 10.2. The smallest absolute Gasteiger partial charge is 0.272 e. The van der Waals surface area contributed by atoms with Gasteiger partial charge in [-0.15, -0.1) is 10.2 Å². The van der Waals surface area contributed by atoms with Crippen molar-refractivity contribution < 1.29 is 9.53 Å². The van der Waals surface area contributed by atoms with Gasteiger partial charge in [0.15, 0.2) is 5.69 Å². The molecule has 1 unspecified atom stereocenters. The monoisotopic (exact) mass is 392 g/mol. The normalized spacial score (nSPS) is 18.6. The summed E-state index contributed by atoms with van der Waals surface area (Å²) < 4.78 is 7.70. The molecule has 29 heavy (non-hydrogen) atoms. The van der Waals surface area contributed by atoms with E-state index in [9.17, 15) is 4.79 Å². The van der Waals surface area contributed by atoms with E-state index in [4.69, 9.17) is 4.74 Å². The summed E-state index contributed by atoms with van der Waals surface area (Å²) in [7, 11) is 0. The number of hydrogen-bond donors (Lipinski definition) is 2. The van der Waals surface area contributed by atoms with Gasteiger partial charge in [0.05, 0.1) is 13.2 Å². The van der Waals surface area contributed by atoms with Crippen LogP contribution in [0.3, 0.4) is 0 Å². The van der Waals surface area contributed by atoms with E-state index in [-0.39, 0.29) is 11.9 Å². The Labute approximate surface area is 168 Å². The van der Waals surface area contributed by atoms with Crippen LogP contribution in [0, 0.1) is 0 Å². The quantitative estimate of drug-likeness (QED) is 0.706. The number of aryl methyl sites for hydroxylation is 1. The van der Waals surface area contributed by atoms with Crippen LogP contribution in [0.1, 0.15) is 51.8 Å². The molecule has 2 aliphatic heterocycles. The van der Waals surface area contributed by atoms with Gasteiger partial charge in [0.2, 0.25) is 0 Å². The molecule has 8 heteroatoms. The molecule has 2 aromatic heterocycles. The molecule has 2 aliphatic rings. The van der Waals surface area contributed by atoms with Gasteiger partial charge in [-0.25, -0.2) is 0 Å². The summed E-state index contributed by atoms with van der Waals surface area (Å²) in [5, 5.41) is 19.2. The third-order valence-electron chi connectivity index (χ3n) is 5.77. The second-order valence-corrected chi connectivity index (χ2v) is 7.68. The fourth-order valence-electron chi connectivity index (χ4n) is 4.16. The second-order valence-electron chi connectivity index (χ2n) is 7.68. The molecule has 0 aliphatic carbocycles. The minimum absolute atomic E-state index is 0.0886. The fourth-order valence-corrected chi connectivity index (χ4v) is 4.16. The number of ether oxygens (including phenoxy) is 1. The number of nitrogens with one attached hydrogen (secondary N) is 2. The average molecular weight is 392 g/mol. The predicted octanol–water partition coefficient (Wildman–Crippen LogP) is 1.80. The number of aromatic amines is 1. The van der Waals surface area contributed by atoms with E-state index in [1.165, 1.54) is 5.56 Å². The van der Waals surface area contributed by atoms with Crippen molar-refractivity contribution >= 4 is 5.91 Å². The molecular weight excluding hydrogens is 368 g/mol. The van der Waals surface area contributed by atoms with Gasteiger partial charge < -0.3 is 14.6 Å². The molecule has 0 radical (unpaired) electrons. The molecular formula is C21H24N6O2. The number of benzene rings is 1. The van der Waals surface area contributed by atoms with Crippen molar-refractivity contribution in [1.29, 1.82) is 0 Å². The molecule has 0 saturated heterocycles. The highest BCUT2D eigenvalue weighted by atomic mass is 16.5. The molecule has 1 aromatic carbocycles. The topological polar surface area (TPSA) is 97.7 Å². The Hall–Kier alpha value is -3.00. The van der Waals surface area contributed by atoms with Crippen molar-refractivity contribution in [2.45, 2.75) is 51.3 Å². The Kier molecular flexibility index (Phi) is 4.85. The van der Waals surface area contributed by atoms with Crippen molar-refractivity contribution in [1.82, 2.24) is 30.3 Å². The predicted molar refractivity (Wildman–Crippen MR) is 105 cm³/mol. The Morgan fingerprint density at radius 2 is 2.10 bits per heavy atom. The minimum atomic E-state index is -0.125. The molecule has 4 heterocycles. The van der Waals surface area contributed by atoms with Gasteiger partial charge in [-0.2, -0.15) is 5.10 Å². The summed E-state index contributed by atoms with van der Waals surface area (Å²) in [5.41, 5.74) is 3.60. The summed E-state index contributed by atoms with van der Waals surface area (Å²) in [6.07, 6.45) is 4.04. The fraction of sp³-hybridized carbons (Fsp3) is 0.429. The highest BCUT2D eigenvalue weighted by Gasteiger charge is 2.26. The average Bonchev–Trinajstić information content (AvgIpc) is 3.29. The van der Waals surface area contributed by atoms with Gasteiger partial charge >= 0.3 is 0 Å². The van der Waals surface area contributed by atoms with Gasteiger partial charge in [-0.3, -0.25) is 9.89 Å². The van der Waals surface area contributed by atoms with E-state index in [1.54, 1.807) is 0 Å². The lowest BCUT2D eigenvalue weighted by Gasteiger charge is -2.17. The maximum atomic E-state index is 12.8. The van der Waals surface area contributed by atoms with Gasteiger partial charge in [-0.1, -0.05) is 30.3 Å². The zero-order chi connectivity index (χ0) is 19.6. The van der Waals surface area contributed by atoms with E-state index in [0.717, 1.165) is 61.6 Å². The van der Waals surface area contributed by atoms with Crippen LogP contribution in [0.2, 0.25) is 0 Å². The Morgan fingerprint density at radius 3 is 3.00 bits per heavy atom. The molecule has 0 fully saturated rings. The number of carbonyl (C=O) groups excluding carboxylic acids is 1. The molecule has 5 rings (SSSR count). The number of nitrogens with zero attached hydrogens (tertiary/aromatic N) is 4. The molecule has 0 saturated carbocycles. The van der Waals surface area contributed by atoms with Crippen LogP contribution in [0.5, 0.6) is 0 Å². The van der Waals surface area contributed by atoms with Crippen molar-refractivity contribution in [3.63, 3.8) is 0 Å². The van der Waals surface area contributed by atoms with Crippen LogP contribution in [0.4, 0.5) is 0 Å². The molecule has 150 valence electrons. The summed E-state index contributed by atoms with van der Waals surface area (Å²) in [5.74, 6) is 1.86. The van der Waals surface area contributed by atoms with Gasteiger partial charge in [0.1, 0.15) is 11.6 Å². The summed E-state index contributed by atoms with van der Waals surface area (Å²) in [6, 6.07) is 10.4. The van der Waals surface area contributed by atoms with Crippen molar-refractivity contribution in [2.75, 3.05) is 6.61 Å². The van der Waals surface area contributed by atoms with Crippen molar-refractivity contribution in [2.24, 2.45) is 0 Å². The highest BCUT2D eigenvalue weighted by Crippen LogP contribution is 2.20. The highest BCUT2D eigenvalue weighted by molar-refractivity contribution is 5.94. The number of aromatic nitrogens is 5. The van der Waals surface area contributed by atoms with Crippen LogP contribution in [-0.2, 0) is 37.2 Å². The van der Waals surface area contributed by atoms with Gasteiger partial charge in [0, 0.05) is 43.1 Å². The summed E-state index contributed by atoms with van der Waals surface area (Å²) in [4.78, 5) is 12.8. The lowest BCUT2D eigenvalue weighted by atomic mass is 10.1. The maximum Gasteiger partial charge on any atom is 0.272 e. The van der Waals surface area contributed by atoms with E-state index >= 15 is 0 Å². The lowest BCUT2D eigenvalue weighted by molar-refractivity contribution is 0.0906. The number of rotatable bonds is 4. The maximum absolute atomic E-state index is 12.8. The minimum Gasteiger partial charge on any atom is -0.376 e. The van der Waals surface area contributed by atoms with Crippen LogP contribution < -0.4 is 5.32 Å². The van der Waals surface area contributed by atoms with Crippen LogP contribution in [0.25, 0.3) is 0 Å². The van der Waals surface area contributed by atoms with Crippen LogP contribution >= 0.6 is 0 Å². The largest absolute Gasteiger partial charge is 0.376 e. The number of amides is 1. The Morgan fingerprint density at radius 1 is 1.21 bits per heavy atom. The molecule has 0 bridgehead atoms. The van der Waals surface area contributed by atoms with Gasteiger partial charge in [-0.05, 0) is 18.4 Å². The van der Waals surface area contributed by atoms with Crippen molar-refractivity contribution in [3.8, 4) is 0 Å². The van der Waals surface area contributed by atoms with Crippen LogP contribution in [-0.4, -0.2) is 43.5 Å². The molecule has 0 spiro atoms. The Bertz CT molecular complexity index is 1010. The SMILES string of the molecule is O=C(NC1CCc2nnc(Cc3ccccc3)n2CC1)c1n[nH]c2c1COCC2. The van der Waals surface area contributed by atoms with Crippen molar-refractivity contribution in [3.05, 3.63) is 64.5 Å². The van der Waals surface area contributed by atoms with Gasteiger partial charge in [0.25, 0.3) is 5.91 Å².